The molecule has 0 heterocycles. The molecule has 0 aromatic heterocycles. The second-order valence-electron chi connectivity index (χ2n) is 3.25. The van der Waals surface area contributed by atoms with E-state index in [2.05, 4.69) is 6.58 Å². The number of carbonyl (C=O) groups is 1. The first-order valence-electron chi connectivity index (χ1n) is 5.28. The van der Waals surface area contributed by atoms with E-state index in [1.54, 1.807) is 13.0 Å². The molecule has 0 aliphatic rings. The summed E-state index contributed by atoms with van der Waals surface area (Å²) in [6.07, 6.45) is 0.156. The predicted octanol–water partition coefficient (Wildman–Crippen LogP) is 2.19. The molecule has 1 rings (SSSR count). The van der Waals surface area contributed by atoms with Crippen LogP contribution in [-0.4, -0.2) is 18.7 Å². The molecule has 0 amide bonds. The normalized spacial score (nSPS) is 11.2. The Labute approximate surface area is 104 Å². The summed E-state index contributed by atoms with van der Waals surface area (Å²) in [5, 5.41) is 8.81. The first kappa shape index (κ1) is 13.7. The molecule has 1 unspecified atom stereocenters. The maximum Gasteiger partial charge on any atom is 0.351 e. The van der Waals surface area contributed by atoms with Gasteiger partial charge < -0.3 is 9.47 Å². The number of hydrogen-bond acceptors (Lipinski definition) is 4. The molecule has 0 saturated carbocycles. The van der Waals surface area contributed by atoms with Crippen LogP contribution in [0.25, 0.3) is 0 Å². The quantitative estimate of drug-likeness (QED) is 0.593. The van der Waals surface area contributed by atoms with Gasteiger partial charge in [0.25, 0.3) is 0 Å². The van der Waals surface area contributed by atoms with Gasteiger partial charge in [-0.15, -0.1) is 0 Å². The van der Waals surface area contributed by atoms with E-state index in [0.717, 1.165) is 6.07 Å². The van der Waals surface area contributed by atoms with Gasteiger partial charge in [0, 0.05) is 0 Å². The fourth-order valence-electron chi connectivity index (χ4n) is 1.26. The molecule has 0 radical (unpaired) electrons. The SMILES string of the molecule is C=CC(Oc1cccc(F)c1C#N)C(=O)OCC. The molecule has 5 heteroatoms. The molecular formula is C13H12FNO3. The van der Waals surface area contributed by atoms with Gasteiger partial charge in [-0.3, -0.25) is 0 Å². The van der Waals surface area contributed by atoms with Crippen molar-refractivity contribution in [3.05, 3.63) is 42.2 Å². The fraction of sp³-hybridized carbons (Fsp3) is 0.231. The molecular weight excluding hydrogens is 237 g/mol. The summed E-state index contributed by atoms with van der Waals surface area (Å²) < 4.78 is 23.3. The highest BCUT2D eigenvalue weighted by Gasteiger charge is 2.20. The first-order chi connectivity index (χ1) is 8.63. The predicted molar refractivity (Wildman–Crippen MR) is 62.4 cm³/mol. The van der Waals surface area contributed by atoms with Gasteiger partial charge in [0.1, 0.15) is 23.2 Å². The monoisotopic (exact) mass is 249 g/mol. The molecule has 1 aromatic carbocycles. The van der Waals surface area contributed by atoms with E-state index in [1.807, 2.05) is 0 Å². The van der Waals surface area contributed by atoms with Crippen LogP contribution in [0.3, 0.4) is 0 Å². The smallest absolute Gasteiger partial charge is 0.351 e. The maximum atomic E-state index is 13.3. The van der Waals surface area contributed by atoms with Gasteiger partial charge >= 0.3 is 5.97 Å². The van der Waals surface area contributed by atoms with Crippen LogP contribution < -0.4 is 4.74 Å². The van der Waals surface area contributed by atoms with Gasteiger partial charge in [-0.2, -0.15) is 5.26 Å². The van der Waals surface area contributed by atoms with Crippen LogP contribution in [-0.2, 0) is 9.53 Å². The van der Waals surface area contributed by atoms with Gasteiger partial charge in [-0.1, -0.05) is 12.6 Å². The lowest BCUT2D eigenvalue weighted by atomic mass is 10.2. The number of benzene rings is 1. The summed E-state index contributed by atoms with van der Waals surface area (Å²) in [4.78, 5) is 11.5. The van der Waals surface area contributed by atoms with Crippen molar-refractivity contribution in [3.8, 4) is 11.8 Å². The highest BCUT2D eigenvalue weighted by atomic mass is 19.1. The zero-order valence-electron chi connectivity index (χ0n) is 9.85. The Kier molecular flexibility index (Phi) is 4.88. The van der Waals surface area contributed by atoms with E-state index in [4.69, 9.17) is 14.7 Å². The van der Waals surface area contributed by atoms with Crippen LogP contribution in [0.5, 0.6) is 5.75 Å². The number of rotatable bonds is 5. The zero-order valence-corrected chi connectivity index (χ0v) is 9.85. The second kappa shape index (κ2) is 6.40. The molecule has 1 atom stereocenters. The number of nitrogens with zero attached hydrogens (tertiary/aromatic N) is 1. The van der Waals surface area contributed by atoms with Crippen molar-refractivity contribution >= 4 is 5.97 Å². The lowest BCUT2D eigenvalue weighted by Gasteiger charge is -2.14. The summed E-state index contributed by atoms with van der Waals surface area (Å²) in [6.45, 7) is 5.28. The number of hydrogen-bond donors (Lipinski definition) is 0. The molecule has 0 saturated heterocycles. The molecule has 94 valence electrons. The first-order valence-corrected chi connectivity index (χ1v) is 5.28. The summed E-state index contributed by atoms with van der Waals surface area (Å²) in [5.41, 5.74) is -0.256. The van der Waals surface area contributed by atoms with Crippen LogP contribution in [0.2, 0.25) is 0 Å². The Morgan fingerprint density at radius 3 is 2.94 bits per heavy atom. The average molecular weight is 249 g/mol. The molecule has 0 aliphatic carbocycles. The van der Waals surface area contributed by atoms with Gasteiger partial charge in [-0.25, -0.2) is 9.18 Å². The van der Waals surface area contributed by atoms with Crippen molar-refractivity contribution in [3.63, 3.8) is 0 Å². The third kappa shape index (κ3) is 3.08. The third-order valence-electron chi connectivity index (χ3n) is 2.07. The van der Waals surface area contributed by atoms with Crippen molar-refractivity contribution in [1.29, 1.82) is 5.26 Å². The minimum Gasteiger partial charge on any atom is -0.473 e. The second-order valence-corrected chi connectivity index (χ2v) is 3.25. The molecule has 0 N–H and O–H groups in total. The summed E-state index contributed by atoms with van der Waals surface area (Å²) >= 11 is 0. The number of nitriles is 1. The maximum absolute atomic E-state index is 13.3. The van der Waals surface area contributed by atoms with Gasteiger partial charge in [0.2, 0.25) is 6.10 Å². The van der Waals surface area contributed by atoms with Crippen molar-refractivity contribution in [1.82, 2.24) is 0 Å². The highest BCUT2D eigenvalue weighted by Crippen LogP contribution is 2.22. The highest BCUT2D eigenvalue weighted by molar-refractivity contribution is 5.77. The van der Waals surface area contributed by atoms with E-state index in [9.17, 15) is 9.18 Å². The summed E-state index contributed by atoms with van der Waals surface area (Å²) in [7, 11) is 0. The minimum absolute atomic E-state index is 0.0181. The van der Waals surface area contributed by atoms with Crippen LogP contribution in [0, 0.1) is 17.1 Å². The Hall–Kier alpha value is -2.35. The lowest BCUT2D eigenvalue weighted by Crippen LogP contribution is -2.27. The van der Waals surface area contributed by atoms with Crippen LogP contribution in [0.1, 0.15) is 12.5 Å². The van der Waals surface area contributed by atoms with Crippen LogP contribution in [0.4, 0.5) is 4.39 Å². The average Bonchev–Trinajstić information content (AvgIpc) is 2.36. The Morgan fingerprint density at radius 2 is 2.39 bits per heavy atom. The Morgan fingerprint density at radius 1 is 1.67 bits per heavy atom. The number of halogens is 1. The summed E-state index contributed by atoms with van der Waals surface area (Å²) in [5.74, 6) is -1.36. The molecule has 0 fully saturated rings. The molecule has 4 nitrogen and oxygen atoms in total. The molecule has 0 aliphatic heterocycles. The van der Waals surface area contributed by atoms with Crippen LogP contribution >= 0.6 is 0 Å². The van der Waals surface area contributed by atoms with E-state index >= 15 is 0 Å². The van der Waals surface area contributed by atoms with E-state index < -0.39 is 17.9 Å². The van der Waals surface area contributed by atoms with Crippen molar-refractivity contribution in [2.75, 3.05) is 6.61 Å². The minimum atomic E-state index is -1.07. The molecule has 1 aromatic rings. The number of esters is 1. The summed E-state index contributed by atoms with van der Waals surface area (Å²) in [6, 6.07) is 5.60. The topological polar surface area (TPSA) is 59.3 Å². The molecule has 0 spiro atoms. The Balaban J connectivity index is 2.96. The van der Waals surface area contributed by atoms with Crippen molar-refractivity contribution < 1.29 is 18.7 Å². The zero-order chi connectivity index (χ0) is 13.5. The van der Waals surface area contributed by atoms with Gasteiger partial charge in [-0.05, 0) is 25.1 Å². The molecule has 0 bridgehead atoms. The van der Waals surface area contributed by atoms with Crippen molar-refractivity contribution in [2.24, 2.45) is 0 Å². The van der Waals surface area contributed by atoms with Crippen molar-refractivity contribution in [2.45, 2.75) is 13.0 Å². The fourth-order valence-corrected chi connectivity index (χ4v) is 1.26. The lowest BCUT2D eigenvalue weighted by molar-refractivity contribution is -0.149. The van der Waals surface area contributed by atoms with Crippen LogP contribution in [0.15, 0.2) is 30.9 Å². The van der Waals surface area contributed by atoms with Gasteiger partial charge in [0.05, 0.1) is 6.61 Å². The van der Waals surface area contributed by atoms with Gasteiger partial charge in [0.15, 0.2) is 0 Å². The van der Waals surface area contributed by atoms with E-state index in [-0.39, 0.29) is 17.9 Å². The molecule has 18 heavy (non-hydrogen) atoms. The Bertz CT molecular complexity index is 493. The standard InChI is InChI=1S/C13H12FNO3/c1-3-11(13(16)17-4-2)18-12-7-5-6-10(14)9(12)8-15/h3,5-7,11H,1,4H2,2H3. The number of ether oxygens (including phenoxy) is 2. The third-order valence-corrected chi connectivity index (χ3v) is 2.07. The number of carbonyl (C=O) groups excluding carboxylic acids is 1. The largest absolute Gasteiger partial charge is 0.473 e. The van der Waals surface area contributed by atoms with E-state index in [1.165, 1.54) is 18.2 Å². The van der Waals surface area contributed by atoms with E-state index in [0.29, 0.717) is 0 Å².